The van der Waals surface area contributed by atoms with Crippen LogP contribution in [0.15, 0.2) is 42.6 Å². The summed E-state index contributed by atoms with van der Waals surface area (Å²) in [5, 5.41) is 0. The average molecular weight is 311 g/mol. The third kappa shape index (κ3) is 3.48. The highest BCUT2D eigenvalue weighted by atomic mass is 16.2. The van der Waals surface area contributed by atoms with Crippen molar-refractivity contribution in [2.24, 2.45) is 5.73 Å². The number of nitrogens with two attached hydrogens (primary N) is 2. The Labute approximate surface area is 135 Å². The van der Waals surface area contributed by atoms with Gasteiger partial charge in [-0.25, -0.2) is 9.97 Å². The van der Waals surface area contributed by atoms with Crippen molar-refractivity contribution in [3.05, 3.63) is 53.9 Å². The standard InChI is InChI=1S/C17H21N5O/c18-15(12-5-2-1-3-6-12)16(23)22-10-4-7-13(11-22)14-8-9-20-17(19)21-14/h1-3,5-6,8-9,13,15H,4,7,10-11,18H2,(H2,19,20,21)/t13-,15+/m1/s1. The summed E-state index contributed by atoms with van der Waals surface area (Å²) in [6.07, 6.45) is 3.58. The minimum Gasteiger partial charge on any atom is -0.368 e. The Morgan fingerprint density at radius 3 is 2.78 bits per heavy atom. The van der Waals surface area contributed by atoms with E-state index in [1.165, 1.54) is 0 Å². The fraction of sp³-hybridized carbons (Fsp3) is 0.353. The molecule has 2 heterocycles. The zero-order valence-electron chi connectivity index (χ0n) is 12.9. The normalized spacial score (nSPS) is 19.3. The second-order valence-corrected chi connectivity index (χ2v) is 5.85. The van der Waals surface area contributed by atoms with Crippen molar-refractivity contribution >= 4 is 11.9 Å². The molecule has 0 radical (unpaired) electrons. The number of carbonyl (C=O) groups is 1. The number of carbonyl (C=O) groups excluding carboxylic acids is 1. The van der Waals surface area contributed by atoms with E-state index in [4.69, 9.17) is 11.5 Å². The lowest BCUT2D eigenvalue weighted by Gasteiger charge is -2.34. The third-order valence-corrected chi connectivity index (χ3v) is 4.27. The van der Waals surface area contributed by atoms with Gasteiger partial charge < -0.3 is 16.4 Å². The topological polar surface area (TPSA) is 98.1 Å². The van der Waals surface area contributed by atoms with Gasteiger partial charge in [0.1, 0.15) is 6.04 Å². The van der Waals surface area contributed by atoms with Crippen molar-refractivity contribution in [2.45, 2.75) is 24.8 Å². The molecule has 23 heavy (non-hydrogen) atoms. The molecule has 6 heteroatoms. The van der Waals surface area contributed by atoms with Gasteiger partial charge in [0.25, 0.3) is 0 Å². The van der Waals surface area contributed by atoms with Crippen LogP contribution < -0.4 is 11.5 Å². The van der Waals surface area contributed by atoms with E-state index in [1.807, 2.05) is 41.3 Å². The number of hydrogen-bond donors (Lipinski definition) is 2. The molecule has 1 aromatic carbocycles. The van der Waals surface area contributed by atoms with Gasteiger partial charge in [-0.2, -0.15) is 0 Å². The number of nitrogens with zero attached hydrogens (tertiary/aromatic N) is 3. The first kappa shape index (κ1) is 15.4. The fourth-order valence-electron chi connectivity index (χ4n) is 3.03. The van der Waals surface area contributed by atoms with Gasteiger partial charge >= 0.3 is 0 Å². The van der Waals surface area contributed by atoms with Crippen molar-refractivity contribution in [3.8, 4) is 0 Å². The Morgan fingerprint density at radius 2 is 2.04 bits per heavy atom. The van der Waals surface area contributed by atoms with Crippen LogP contribution in [0.5, 0.6) is 0 Å². The maximum atomic E-state index is 12.7. The van der Waals surface area contributed by atoms with E-state index in [0.717, 1.165) is 30.6 Å². The van der Waals surface area contributed by atoms with Gasteiger partial charge in [0, 0.05) is 25.2 Å². The van der Waals surface area contributed by atoms with Gasteiger partial charge in [0.2, 0.25) is 11.9 Å². The van der Waals surface area contributed by atoms with Gasteiger partial charge in [0.05, 0.1) is 5.69 Å². The van der Waals surface area contributed by atoms with Crippen molar-refractivity contribution in [1.82, 2.24) is 14.9 Å². The monoisotopic (exact) mass is 311 g/mol. The molecule has 0 unspecified atom stereocenters. The molecule has 1 aromatic heterocycles. The Hall–Kier alpha value is -2.47. The molecule has 1 amide bonds. The van der Waals surface area contributed by atoms with Crippen LogP contribution in [0.1, 0.15) is 36.1 Å². The smallest absolute Gasteiger partial charge is 0.244 e. The summed E-state index contributed by atoms with van der Waals surface area (Å²) in [5.74, 6) is 0.413. The Kier molecular flexibility index (Phi) is 4.52. The zero-order chi connectivity index (χ0) is 16.2. The first-order chi connectivity index (χ1) is 11.1. The largest absolute Gasteiger partial charge is 0.368 e. The van der Waals surface area contributed by atoms with Crippen LogP contribution in [-0.2, 0) is 4.79 Å². The van der Waals surface area contributed by atoms with Crippen LogP contribution in [0.4, 0.5) is 5.95 Å². The third-order valence-electron chi connectivity index (χ3n) is 4.27. The second-order valence-electron chi connectivity index (χ2n) is 5.85. The van der Waals surface area contributed by atoms with Crippen molar-refractivity contribution in [1.29, 1.82) is 0 Å². The lowest BCUT2D eigenvalue weighted by Crippen LogP contribution is -2.44. The first-order valence-corrected chi connectivity index (χ1v) is 7.83. The molecule has 0 spiro atoms. The van der Waals surface area contributed by atoms with E-state index in [9.17, 15) is 4.79 Å². The first-order valence-electron chi connectivity index (χ1n) is 7.83. The van der Waals surface area contributed by atoms with Gasteiger partial charge in [-0.05, 0) is 24.5 Å². The highest BCUT2D eigenvalue weighted by Gasteiger charge is 2.29. The average Bonchev–Trinajstić information content (AvgIpc) is 2.61. The summed E-state index contributed by atoms with van der Waals surface area (Å²) in [6, 6.07) is 10.7. The van der Waals surface area contributed by atoms with Gasteiger partial charge in [0.15, 0.2) is 0 Å². The van der Waals surface area contributed by atoms with Crippen LogP contribution in [0.2, 0.25) is 0 Å². The summed E-state index contributed by atoms with van der Waals surface area (Å²) < 4.78 is 0. The van der Waals surface area contributed by atoms with Gasteiger partial charge in [-0.1, -0.05) is 30.3 Å². The Bertz CT molecular complexity index is 676. The molecule has 1 aliphatic heterocycles. The number of hydrogen-bond acceptors (Lipinski definition) is 5. The van der Waals surface area contributed by atoms with Crippen LogP contribution in [0, 0.1) is 0 Å². The lowest BCUT2D eigenvalue weighted by molar-refractivity contribution is -0.134. The maximum absolute atomic E-state index is 12.7. The molecular weight excluding hydrogens is 290 g/mol. The van der Waals surface area contributed by atoms with E-state index < -0.39 is 6.04 Å². The Morgan fingerprint density at radius 1 is 1.26 bits per heavy atom. The molecule has 6 nitrogen and oxygen atoms in total. The van der Waals surface area contributed by atoms with E-state index in [0.29, 0.717) is 6.54 Å². The number of nitrogen functional groups attached to an aromatic ring is 1. The fourth-order valence-corrected chi connectivity index (χ4v) is 3.03. The summed E-state index contributed by atoms with van der Waals surface area (Å²) >= 11 is 0. The number of piperidine rings is 1. The summed E-state index contributed by atoms with van der Waals surface area (Å²) in [7, 11) is 0. The van der Waals surface area contributed by atoms with Crippen LogP contribution in [-0.4, -0.2) is 33.9 Å². The molecule has 1 aliphatic rings. The highest BCUT2D eigenvalue weighted by Crippen LogP contribution is 2.27. The molecular formula is C17H21N5O. The van der Waals surface area contributed by atoms with Crippen LogP contribution in [0.25, 0.3) is 0 Å². The predicted octanol–water partition coefficient (Wildman–Crippen LogP) is 1.46. The number of anilines is 1. The summed E-state index contributed by atoms with van der Waals surface area (Å²) in [5.41, 5.74) is 13.5. The highest BCUT2D eigenvalue weighted by molar-refractivity contribution is 5.83. The van der Waals surface area contributed by atoms with Crippen molar-refractivity contribution in [3.63, 3.8) is 0 Å². The summed E-state index contributed by atoms with van der Waals surface area (Å²) in [4.78, 5) is 22.7. The van der Waals surface area contributed by atoms with E-state index in [-0.39, 0.29) is 17.8 Å². The molecule has 4 N–H and O–H groups in total. The Balaban J connectivity index is 1.72. The van der Waals surface area contributed by atoms with Crippen molar-refractivity contribution in [2.75, 3.05) is 18.8 Å². The second kappa shape index (κ2) is 6.75. The predicted molar refractivity (Wildman–Crippen MR) is 88.4 cm³/mol. The van der Waals surface area contributed by atoms with Crippen LogP contribution in [0.3, 0.4) is 0 Å². The lowest BCUT2D eigenvalue weighted by atomic mass is 9.93. The van der Waals surface area contributed by atoms with Crippen LogP contribution >= 0.6 is 0 Å². The molecule has 120 valence electrons. The quantitative estimate of drug-likeness (QED) is 0.894. The molecule has 1 saturated heterocycles. The van der Waals surface area contributed by atoms with Gasteiger partial charge in [-0.15, -0.1) is 0 Å². The molecule has 3 rings (SSSR count). The number of benzene rings is 1. The minimum atomic E-state index is -0.620. The zero-order valence-corrected chi connectivity index (χ0v) is 12.9. The molecule has 0 saturated carbocycles. The SMILES string of the molecule is Nc1nccc([C@@H]2CCCN(C(=O)[C@@H](N)c3ccccc3)C2)n1. The molecule has 2 atom stereocenters. The van der Waals surface area contributed by atoms with Crippen molar-refractivity contribution < 1.29 is 4.79 Å². The number of amides is 1. The molecule has 1 fully saturated rings. The maximum Gasteiger partial charge on any atom is 0.244 e. The number of rotatable bonds is 3. The van der Waals surface area contributed by atoms with E-state index >= 15 is 0 Å². The minimum absolute atomic E-state index is 0.0390. The summed E-state index contributed by atoms with van der Waals surface area (Å²) in [6.45, 7) is 1.35. The molecule has 2 aromatic rings. The van der Waals surface area contributed by atoms with Gasteiger partial charge in [-0.3, -0.25) is 4.79 Å². The van der Waals surface area contributed by atoms with E-state index in [1.54, 1.807) is 6.20 Å². The number of aromatic nitrogens is 2. The molecule has 0 aliphatic carbocycles. The van der Waals surface area contributed by atoms with E-state index in [2.05, 4.69) is 9.97 Å². The number of likely N-dealkylation sites (tertiary alicyclic amines) is 1. The molecule has 0 bridgehead atoms.